The lowest BCUT2D eigenvalue weighted by Gasteiger charge is -2.07. The Bertz CT molecular complexity index is 614. The van der Waals surface area contributed by atoms with Crippen LogP contribution in [-0.2, 0) is 6.54 Å². The zero-order valence-corrected chi connectivity index (χ0v) is 12.7. The summed E-state index contributed by atoms with van der Waals surface area (Å²) in [6.45, 7) is 6.94. The van der Waals surface area contributed by atoms with Crippen LogP contribution in [-0.4, -0.2) is 17.0 Å². The minimum absolute atomic E-state index is 0.00671. The van der Waals surface area contributed by atoms with Crippen LogP contribution in [0.2, 0.25) is 5.02 Å². The van der Waals surface area contributed by atoms with Crippen LogP contribution in [0.1, 0.15) is 28.7 Å². The normalized spacial score (nSPS) is 10.6. The Morgan fingerprint density at radius 1 is 1.25 bits per heavy atom. The van der Waals surface area contributed by atoms with Crippen molar-refractivity contribution in [3.63, 3.8) is 0 Å². The highest BCUT2D eigenvalue weighted by Crippen LogP contribution is 2.18. The van der Waals surface area contributed by atoms with Gasteiger partial charge in [0.05, 0.1) is 0 Å². The smallest absolute Gasteiger partial charge is 0.202 e. The van der Waals surface area contributed by atoms with Gasteiger partial charge in [0.15, 0.2) is 6.61 Å². The number of aromatic nitrogens is 1. The highest BCUT2D eigenvalue weighted by molar-refractivity contribution is 6.30. The molecule has 0 spiro atoms. The molecule has 3 nitrogen and oxygen atoms in total. The summed E-state index contributed by atoms with van der Waals surface area (Å²) >= 11 is 5.80. The van der Waals surface area contributed by atoms with Crippen molar-refractivity contribution in [2.45, 2.75) is 27.3 Å². The van der Waals surface area contributed by atoms with Crippen LogP contribution in [0.15, 0.2) is 30.3 Å². The van der Waals surface area contributed by atoms with E-state index in [-0.39, 0.29) is 12.4 Å². The van der Waals surface area contributed by atoms with E-state index in [4.69, 9.17) is 16.3 Å². The molecule has 4 heteroatoms. The number of rotatable bonds is 5. The summed E-state index contributed by atoms with van der Waals surface area (Å²) in [4.78, 5) is 12.2. The molecule has 20 heavy (non-hydrogen) atoms. The fourth-order valence-corrected chi connectivity index (χ4v) is 2.45. The maximum atomic E-state index is 12.2. The topological polar surface area (TPSA) is 31.2 Å². The minimum Gasteiger partial charge on any atom is -0.485 e. The first-order valence-electron chi connectivity index (χ1n) is 6.61. The average Bonchev–Trinajstić information content (AvgIpc) is 2.72. The molecular formula is C16H18ClNO2. The molecule has 0 aliphatic carbocycles. The van der Waals surface area contributed by atoms with Crippen molar-refractivity contribution in [3.8, 4) is 5.75 Å². The maximum absolute atomic E-state index is 12.2. The third-order valence-electron chi connectivity index (χ3n) is 3.37. The summed E-state index contributed by atoms with van der Waals surface area (Å²) in [5.74, 6) is 0.639. The molecule has 0 unspecified atom stereocenters. The molecule has 106 valence electrons. The molecule has 0 bridgehead atoms. The first-order valence-corrected chi connectivity index (χ1v) is 6.99. The predicted molar refractivity (Wildman–Crippen MR) is 80.9 cm³/mol. The van der Waals surface area contributed by atoms with Crippen LogP contribution in [0.25, 0.3) is 0 Å². The second-order valence-corrected chi connectivity index (χ2v) is 5.13. The number of carbonyl (C=O) groups is 1. The number of benzene rings is 1. The number of hydrogen-bond acceptors (Lipinski definition) is 2. The lowest BCUT2D eigenvalue weighted by molar-refractivity contribution is 0.0921. The Labute approximate surface area is 124 Å². The van der Waals surface area contributed by atoms with E-state index in [0.717, 1.165) is 23.5 Å². The lowest BCUT2D eigenvalue weighted by atomic mass is 10.1. The third kappa shape index (κ3) is 3.05. The standard InChI is InChI=1S/C16H18ClNO2/c1-4-18-11(2)9-15(12(18)3)16(19)10-20-14-7-5-13(17)6-8-14/h5-9H,4,10H2,1-3H3. The van der Waals surface area contributed by atoms with Gasteiger partial charge in [-0.1, -0.05) is 11.6 Å². The third-order valence-corrected chi connectivity index (χ3v) is 3.63. The van der Waals surface area contributed by atoms with Gasteiger partial charge in [0.25, 0.3) is 0 Å². The van der Waals surface area contributed by atoms with Crippen LogP contribution in [0.4, 0.5) is 0 Å². The fourth-order valence-electron chi connectivity index (χ4n) is 2.33. The Balaban J connectivity index is 2.07. The van der Waals surface area contributed by atoms with E-state index in [1.807, 2.05) is 19.9 Å². The second-order valence-electron chi connectivity index (χ2n) is 4.69. The lowest BCUT2D eigenvalue weighted by Crippen LogP contribution is -2.12. The van der Waals surface area contributed by atoms with E-state index in [1.165, 1.54) is 0 Å². The molecule has 0 radical (unpaired) electrons. The summed E-state index contributed by atoms with van der Waals surface area (Å²) in [5.41, 5.74) is 2.83. The number of halogens is 1. The molecule has 0 saturated carbocycles. The molecule has 0 amide bonds. The summed E-state index contributed by atoms with van der Waals surface area (Å²) in [7, 11) is 0. The summed E-state index contributed by atoms with van der Waals surface area (Å²) < 4.78 is 7.62. The molecule has 0 N–H and O–H groups in total. The van der Waals surface area contributed by atoms with E-state index >= 15 is 0 Å². The molecule has 1 aromatic carbocycles. The quantitative estimate of drug-likeness (QED) is 0.779. The van der Waals surface area contributed by atoms with Crippen molar-refractivity contribution in [3.05, 3.63) is 52.3 Å². The van der Waals surface area contributed by atoms with Gasteiger partial charge in [0, 0.05) is 28.5 Å². The zero-order chi connectivity index (χ0) is 14.7. The Kier molecular flexibility index (Phi) is 4.50. The van der Waals surface area contributed by atoms with Crippen molar-refractivity contribution >= 4 is 17.4 Å². The monoisotopic (exact) mass is 291 g/mol. The van der Waals surface area contributed by atoms with Gasteiger partial charge >= 0.3 is 0 Å². The van der Waals surface area contributed by atoms with Crippen LogP contribution in [0.5, 0.6) is 5.75 Å². The van der Waals surface area contributed by atoms with Crippen molar-refractivity contribution in [1.82, 2.24) is 4.57 Å². The van der Waals surface area contributed by atoms with E-state index in [9.17, 15) is 4.79 Å². The fraction of sp³-hybridized carbons (Fsp3) is 0.312. The number of hydrogen-bond donors (Lipinski definition) is 0. The molecule has 2 rings (SSSR count). The molecule has 1 heterocycles. The van der Waals surface area contributed by atoms with E-state index in [2.05, 4.69) is 11.5 Å². The molecule has 0 fully saturated rings. The van der Waals surface area contributed by atoms with Crippen LogP contribution in [0.3, 0.4) is 0 Å². The van der Waals surface area contributed by atoms with Crippen molar-refractivity contribution in [2.75, 3.05) is 6.61 Å². The van der Waals surface area contributed by atoms with Crippen molar-refractivity contribution in [2.24, 2.45) is 0 Å². The molecule has 2 aromatic rings. The number of carbonyl (C=O) groups excluding carboxylic acids is 1. The molecule has 0 aliphatic rings. The number of aryl methyl sites for hydroxylation is 1. The van der Waals surface area contributed by atoms with Gasteiger partial charge in [-0.3, -0.25) is 4.79 Å². The molecular weight excluding hydrogens is 274 g/mol. The number of nitrogens with zero attached hydrogens (tertiary/aromatic N) is 1. The molecule has 0 atom stereocenters. The highest BCUT2D eigenvalue weighted by Gasteiger charge is 2.15. The van der Waals surface area contributed by atoms with E-state index in [1.54, 1.807) is 24.3 Å². The van der Waals surface area contributed by atoms with E-state index in [0.29, 0.717) is 10.8 Å². The second kappa shape index (κ2) is 6.14. The largest absolute Gasteiger partial charge is 0.485 e. The first kappa shape index (κ1) is 14.7. The van der Waals surface area contributed by atoms with Crippen molar-refractivity contribution in [1.29, 1.82) is 0 Å². The average molecular weight is 292 g/mol. The Hall–Kier alpha value is -1.74. The van der Waals surface area contributed by atoms with Gasteiger partial charge in [-0.15, -0.1) is 0 Å². The van der Waals surface area contributed by atoms with Gasteiger partial charge in [0.1, 0.15) is 5.75 Å². The number of ketones is 1. The van der Waals surface area contributed by atoms with Gasteiger partial charge in [-0.25, -0.2) is 0 Å². The maximum Gasteiger partial charge on any atom is 0.202 e. The summed E-state index contributed by atoms with van der Waals surface area (Å²) in [6, 6.07) is 8.91. The number of ether oxygens (including phenoxy) is 1. The minimum atomic E-state index is -0.00671. The summed E-state index contributed by atoms with van der Waals surface area (Å²) in [6.07, 6.45) is 0. The Morgan fingerprint density at radius 2 is 1.90 bits per heavy atom. The first-order chi connectivity index (χ1) is 9.52. The molecule has 0 saturated heterocycles. The van der Waals surface area contributed by atoms with Gasteiger partial charge in [-0.05, 0) is 51.1 Å². The summed E-state index contributed by atoms with van der Waals surface area (Å²) in [5, 5.41) is 0.648. The zero-order valence-electron chi connectivity index (χ0n) is 11.9. The van der Waals surface area contributed by atoms with Gasteiger partial charge in [-0.2, -0.15) is 0 Å². The highest BCUT2D eigenvalue weighted by atomic mass is 35.5. The van der Waals surface area contributed by atoms with Gasteiger partial charge in [0.2, 0.25) is 5.78 Å². The van der Waals surface area contributed by atoms with Crippen LogP contribution < -0.4 is 4.74 Å². The van der Waals surface area contributed by atoms with Gasteiger partial charge < -0.3 is 9.30 Å². The predicted octanol–water partition coefficient (Wildman–Crippen LogP) is 4.04. The SMILES string of the molecule is CCn1c(C)cc(C(=O)COc2ccc(Cl)cc2)c1C. The van der Waals surface area contributed by atoms with Crippen molar-refractivity contribution < 1.29 is 9.53 Å². The number of Topliss-reactive ketones (excluding diaryl/α,β-unsaturated/α-hetero) is 1. The van der Waals surface area contributed by atoms with E-state index < -0.39 is 0 Å². The van der Waals surface area contributed by atoms with Crippen LogP contribution >= 0.6 is 11.6 Å². The van der Waals surface area contributed by atoms with Crippen LogP contribution in [0, 0.1) is 13.8 Å². The molecule has 0 aliphatic heterocycles. The molecule has 1 aromatic heterocycles. The Morgan fingerprint density at radius 3 is 2.45 bits per heavy atom.